The summed E-state index contributed by atoms with van der Waals surface area (Å²) < 4.78 is 13.1. The molecule has 0 radical (unpaired) electrons. The second-order valence-electron chi connectivity index (χ2n) is 2.08. The predicted octanol–water partition coefficient (Wildman–Crippen LogP) is 1.74. The number of halogens is 1. The molecule has 0 aromatic heterocycles. The van der Waals surface area contributed by atoms with E-state index in [2.05, 4.69) is 5.32 Å². The summed E-state index contributed by atoms with van der Waals surface area (Å²) in [4.78, 5) is 0. The molecule has 1 rings (SSSR count). The van der Waals surface area contributed by atoms with Crippen LogP contribution in [0.2, 0.25) is 0 Å². The van der Waals surface area contributed by atoms with Crippen molar-refractivity contribution in [3.8, 4) is 0 Å². The average Bonchev–Trinajstić information content (AvgIpc) is 1.90. The fourth-order valence-corrected chi connectivity index (χ4v) is 0.718. The first kappa shape index (κ1) is 6.33. The van der Waals surface area contributed by atoms with Crippen molar-refractivity contribution in [3.05, 3.63) is 24.4 Å². The van der Waals surface area contributed by atoms with Crippen LogP contribution in [-0.2, 0) is 0 Å². The first-order chi connectivity index (χ1) is 4.27. The van der Waals surface area contributed by atoms with E-state index in [0.717, 1.165) is 0 Å². The van der Waals surface area contributed by atoms with Crippen LogP contribution in [0.4, 0.5) is 4.39 Å². The van der Waals surface area contributed by atoms with Crippen LogP contribution >= 0.6 is 0 Å². The zero-order valence-electron chi connectivity index (χ0n) is 5.39. The van der Waals surface area contributed by atoms with E-state index < -0.39 is 5.79 Å². The van der Waals surface area contributed by atoms with Crippen LogP contribution in [0.5, 0.6) is 0 Å². The van der Waals surface area contributed by atoms with Crippen molar-refractivity contribution in [2.24, 2.45) is 0 Å². The van der Waals surface area contributed by atoms with Crippen LogP contribution in [0, 0.1) is 0 Å². The van der Waals surface area contributed by atoms with Crippen molar-refractivity contribution >= 4 is 0 Å². The summed E-state index contributed by atoms with van der Waals surface area (Å²) in [6.45, 7) is 1.80. The predicted molar refractivity (Wildman–Crippen MR) is 35.5 cm³/mol. The summed E-state index contributed by atoms with van der Waals surface area (Å²) in [5, 5.41) is 2.61. The second kappa shape index (κ2) is 2.21. The van der Waals surface area contributed by atoms with Crippen LogP contribution in [0.25, 0.3) is 0 Å². The highest BCUT2D eigenvalue weighted by atomic mass is 19.1. The van der Waals surface area contributed by atoms with Gasteiger partial charge in [0.1, 0.15) is 0 Å². The lowest BCUT2D eigenvalue weighted by Gasteiger charge is -2.21. The van der Waals surface area contributed by atoms with Gasteiger partial charge in [-0.15, -0.1) is 0 Å². The third-order valence-electron chi connectivity index (χ3n) is 1.41. The van der Waals surface area contributed by atoms with E-state index in [1.807, 2.05) is 0 Å². The summed E-state index contributed by atoms with van der Waals surface area (Å²) >= 11 is 0. The first-order valence-electron chi connectivity index (χ1n) is 3.08. The third kappa shape index (κ3) is 1.31. The molecule has 0 bridgehead atoms. The smallest absolute Gasteiger partial charge is 0.198 e. The Kier molecular flexibility index (Phi) is 1.56. The van der Waals surface area contributed by atoms with E-state index in [9.17, 15) is 4.39 Å². The lowest BCUT2D eigenvalue weighted by Crippen LogP contribution is -2.35. The normalized spacial score (nSPS) is 32.2. The molecule has 0 aromatic rings. The number of alkyl halides is 1. The van der Waals surface area contributed by atoms with Gasteiger partial charge in [-0.1, -0.05) is 13.0 Å². The van der Waals surface area contributed by atoms with Gasteiger partial charge in [0.2, 0.25) is 0 Å². The van der Waals surface area contributed by atoms with Crippen LogP contribution in [-0.4, -0.2) is 5.79 Å². The molecule has 1 heterocycles. The maximum Gasteiger partial charge on any atom is 0.198 e. The van der Waals surface area contributed by atoms with Gasteiger partial charge in [-0.3, -0.25) is 0 Å². The summed E-state index contributed by atoms with van der Waals surface area (Å²) in [6, 6.07) is 0. The quantitative estimate of drug-likeness (QED) is 0.529. The molecule has 0 fully saturated rings. The lowest BCUT2D eigenvalue weighted by molar-refractivity contribution is 0.190. The van der Waals surface area contributed by atoms with Crippen molar-refractivity contribution < 1.29 is 4.39 Å². The van der Waals surface area contributed by atoms with Gasteiger partial charge in [0.25, 0.3) is 0 Å². The number of rotatable bonds is 1. The third-order valence-corrected chi connectivity index (χ3v) is 1.41. The Morgan fingerprint density at radius 2 is 2.33 bits per heavy atom. The molecule has 1 aliphatic heterocycles. The van der Waals surface area contributed by atoms with E-state index in [4.69, 9.17) is 0 Å². The van der Waals surface area contributed by atoms with Gasteiger partial charge >= 0.3 is 0 Å². The Morgan fingerprint density at radius 3 is 2.67 bits per heavy atom. The number of dihydropyridines is 1. The zero-order chi connectivity index (χ0) is 6.74. The molecule has 0 amide bonds. The van der Waals surface area contributed by atoms with E-state index >= 15 is 0 Å². The van der Waals surface area contributed by atoms with E-state index in [-0.39, 0.29) is 0 Å². The van der Waals surface area contributed by atoms with Gasteiger partial charge < -0.3 is 5.32 Å². The summed E-state index contributed by atoms with van der Waals surface area (Å²) in [7, 11) is 0. The zero-order valence-corrected chi connectivity index (χ0v) is 5.39. The van der Waals surface area contributed by atoms with Crippen LogP contribution < -0.4 is 5.32 Å². The van der Waals surface area contributed by atoms with Gasteiger partial charge in [0.15, 0.2) is 5.79 Å². The van der Waals surface area contributed by atoms with E-state index in [1.165, 1.54) is 6.08 Å². The monoisotopic (exact) mass is 127 g/mol. The number of hydrogen-bond acceptors (Lipinski definition) is 1. The molecular weight excluding hydrogens is 117 g/mol. The van der Waals surface area contributed by atoms with Crippen molar-refractivity contribution in [2.45, 2.75) is 19.1 Å². The Balaban J connectivity index is 2.63. The Bertz CT molecular complexity index is 151. The SMILES string of the molecule is CCC1(F)C=CC=CN1. The number of hydrogen-bond donors (Lipinski definition) is 1. The van der Waals surface area contributed by atoms with E-state index in [1.54, 1.807) is 25.3 Å². The molecule has 1 N–H and O–H groups in total. The minimum atomic E-state index is -1.30. The maximum atomic E-state index is 13.1. The van der Waals surface area contributed by atoms with Crippen molar-refractivity contribution in [2.75, 3.05) is 0 Å². The molecule has 0 saturated heterocycles. The summed E-state index contributed by atoms with van der Waals surface area (Å²) in [6.07, 6.45) is 7.08. The van der Waals surface area contributed by atoms with Gasteiger partial charge in [0, 0.05) is 6.42 Å². The topological polar surface area (TPSA) is 12.0 Å². The molecule has 1 nitrogen and oxygen atoms in total. The lowest BCUT2D eigenvalue weighted by atomic mass is 10.1. The molecule has 0 spiro atoms. The molecule has 0 saturated carbocycles. The minimum Gasteiger partial charge on any atom is -0.357 e. The van der Waals surface area contributed by atoms with Crippen molar-refractivity contribution in [1.82, 2.24) is 5.32 Å². The summed E-state index contributed by atoms with van der Waals surface area (Å²) in [5.74, 6) is -1.30. The second-order valence-corrected chi connectivity index (χ2v) is 2.08. The van der Waals surface area contributed by atoms with Crippen LogP contribution in [0.15, 0.2) is 24.4 Å². The Morgan fingerprint density at radius 1 is 1.56 bits per heavy atom. The molecule has 1 aliphatic rings. The fourth-order valence-electron chi connectivity index (χ4n) is 0.718. The van der Waals surface area contributed by atoms with Crippen molar-refractivity contribution in [3.63, 3.8) is 0 Å². The van der Waals surface area contributed by atoms with Gasteiger partial charge in [0.05, 0.1) is 0 Å². The largest absolute Gasteiger partial charge is 0.357 e. The summed E-state index contributed by atoms with van der Waals surface area (Å²) in [5.41, 5.74) is 0. The highest BCUT2D eigenvalue weighted by Crippen LogP contribution is 2.15. The average molecular weight is 127 g/mol. The first-order valence-corrected chi connectivity index (χ1v) is 3.08. The molecule has 9 heavy (non-hydrogen) atoms. The molecule has 0 aliphatic carbocycles. The van der Waals surface area contributed by atoms with Crippen LogP contribution in [0.1, 0.15) is 13.3 Å². The Labute approximate surface area is 54.3 Å². The molecule has 1 unspecified atom stereocenters. The minimum absolute atomic E-state index is 0.466. The molecule has 0 aromatic carbocycles. The maximum absolute atomic E-state index is 13.1. The standard InChI is InChI=1S/C7H10FN/c1-2-7(8)5-3-4-6-9-7/h3-6,9H,2H2,1H3. The highest BCUT2D eigenvalue weighted by Gasteiger charge is 2.21. The van der Waals surface area contributed by atoms with Gasteiger partial charge in [-0.2, -0.15) is 0 Å². The highest BCUT2D eigenvalue weighted by molar-refractivity contribution is 5.15. The van der Waals surface area contributed by atoms with Crippen molar-refractivity contribution in [1.29, 1.82) is 0 Å². The van der Waals surface area contributed by atoms with Gasteiger partial charge in [-0.05, 0) is 18.4 Å². The van der Waals surface area contributed by atoms with Gasteiger partial charge in [-0.25, -0.2) is 4.39 Å². The van der Waals surface area contributed by atoms with E-state index in [0.29, 0.717) is 6.42 Å². The van der Waals surface area contributed by atoms with Crippen LogP contribution in [0.3, 0.4) is 0 Å². The fraction of sp³-hybridized carbons (Fsp3) is 0.429. The molecule has 2 heteroatoms. The molecule has 1 atom stereocenters. The Hall–Kier alpha value is -0.790. The molecular formula is C7H10FN. The number of nitrogens with one attached hydrogen (secondary N) is 1. The number of allylic oxidation sites excluding steroid dienone is 2. The molecule has 50 valence electrons.